The van der Waals surface area contributed by atoms with Gasteiger partial charge in [-0.15, -0.1) is 0 Å². The number of hydrogen-bond donors (Lipinski definition) is 1. The van der Waals surface area contributed by atoms with E-state index in [1.165, 1.54) is 17.5 Å². The van der Waals surface area contributed by atoms with Crippen LogP contribution in [0.2, 0.25) is 0 Å². The third-order valence-electron chi connectivity index (χ3n) is 4.42. The second-order valence-electron chi connectivity index (χ2n) is 5.84. The first-order chi connectivity index (χ1) is 11.2. The molecule has 120 valence electrons. The lowest BCUT2D eigenvalue weighted by atomic mass is 9.83. The number of fused-ring (bicyclic) bond motifs is 1. The number of aryl methyl sites for hydroxylation is 1. The molecule has 1 amide bonds. The highest BCUT2D eigenvalue weighted by molar-refractivity contribution is 9.10. The highest BCUT2D eigenvalue weighted by atomic mass is 79.9. The van der Waals surface area contributed by atoms with E-state index in [9.17, 15) is 4.79 Å². The molecule has 1 N–H and O–H groups in total. The van der Waals surface area contributed by atoms with E-state index in [2.05, 4.69) is 45.5 Å². The van der Waals surface area contributed by atoms with Crippen molar-refractivity contribution in [1.82, 2.24) is 5.32 Å². The lowest BCUT2D eigenvalue weighted by molar-refractivity contribution is 0.0949. The minimum atomic E-state index is -0.0705. The number of nitrogens with one attached hydrogen (secondary N) is 1. The molecule has 23 heavy (non-hydrogen) atoms. The molecule has 0 bridgehead atoms. The molecule has 4 heteroatoms. The Labute approximate surface area is 145 Å². The molecule has 0 saturated heterocycles. The van der Waals surface area contributed by atoms with Crippen molar-refractivity contribution in [3.63, 3.8) is 0 Å². The second-order valence-corrected chi connectivity index (χ2v) is 6.70. The van der Waals surface area contributed by atoms with Crippen molar-refractivity contribution in [3.8, 4) is 5.75 Å². The number of benzene rings is 2. The van der Waals surface area contributed by atoms with Gasteiger partial charge in [0, 0.05) is 16.9 Å². The van der Waals surface area contributed by atoms with Crippen LogP contribution in [0.5, 0.6) is 5.75 Å². The highest BCUT2D eigenvalue weighted by Crippen LogP contribution is 2.31. The van der Waals surface area contributed by atoms with Gasteiger partial charge in [0.05, 0.1) is 12.7 Å². The van der Waals surface area contributed by atoms with Crippen molar-refractivity contribution >= 4 is 21.8 Å². The molecule has 2 aromatic carbocycles. The summed E-state index contributed by atoms with van der Waals surface area (Å²) in [6.45, 7) is 0.666. The van der Waals surface area contributed by atoms with Crippen molar-refractivity contribution in [2.24, 2.45) is 0 Å². The number of halogens is 1. The molecular weight excluding hydrogens is 354 g/mol. The van der Waals surface area contributed by atoms with E-state index in [1.54, 1.807) is 13.2 Å². The van der Waals surface area contributed by atoms with Gasteiger partial charge in [-0.1, -0.05) is 24.3 Å². The van der Waals surface area contributed by atoms with Crippen molar-refractivity contribution in [3.05, 3.63) is 63.6 Å². The Kier molecular flexibility index (Phi) is 5.01. The van der Waals surface area contributed by atoms with Crippen molar-refractivity contribution in [2.45, 2.75) is 25.2 Å². The predicted octanol–water partition coefficient (Wildman–Crippen LogP) is 4.31. The molecule has 3 nitrogen and oxygen atoms in total. The first-order valence-electron chi connectivity index (χ1n) is 7.88. The minimum absolute atomic E-state index is 0.0705. The summed E-state index contributed by atoms with van der Waals surface area (Å²) in [5.74, 6) is 1.01. The fourth-order valence-electron chi connectivity index (χ4n) is 3.18. The van der Waals surface area contributed by atoms with Gasteiger partial charge in [-0.05, 0) is 64.5 Å². The quantitative estimate of drug-likeness (QED) is 0.866. The molecule has 0 aliphatic heterocycles. The maximum Gasteiger partial charge on any atom is 0.252 e. The summed E-state index contributed by atoms with van der Waals surface area (Å²) in [6.07, 6.45) is 3.44. The van der Waals surface area contributed by atoms with Crippen LogP contribution in [0.15, 0.2) is 46.9 Å². The summed E-state index contributed by atoms with van der Waals surface area (Å²) in [6, 6.07) is 14.0. The topological polar surface area (TPSA) is 38.3 Å². The number of rotatable bonds is 4. The van der Waals surface area contributed by atoms with E-state index in [1.807, 2.05) is 12.1 Å². The van der Waals surface area contributed by atoms with Crippen LogP contribution in [0, 0.1) is 0 Å². The summed E-state index contributed by atoms with van der Waals surface area (Å²) in [4.78, 5) is 12.5. The smallest absolute Gasteiger partial charge is 0.252 e. The van der Waals surface area contributed by atoms with E-state index in [4.69, 9.17) is 4.74 Å². The lowest BCUT2D eigenvalue weighted by Gasteiger charge is -2.25. The molecule has 1 aliphatic carbocycles. The van der Waals surface area contributed by atoms with E-state index in [0.717, 1.165) is 17.3 Å². The van der Waals surface area contributed by atoms with Crippen molar-refractivity contribution < 1.29 is 9.53 Å². The molecule has 0 saturated carbocycles. The van der Waals surface area contributed by atoms with Gasteiger partial charge in [0.15, 0.2) is 0 Å². The third-order valence-corrected chi connectivity index (χ3v) is 5.11. The maximum atomic E-state index is 12.5. The second kappa shape index (κ2) is 7.18. The third kappa shape index (κ3) is 3.58. The molecule has 1 atom stereocenters. The molecule has 0 aromatic heterocycles. The van der Waals surface area contributed by atoms with E-state index >= 15 is 0 Å². The number of methoxy groups -OCH3 is 1. The van der Waals surface area contributed by atoms with Crippen LogP contribution in [-0.2, 0) is 6.42 Å². The van der Waals surface area contributed by atoms with E-state index < -0.39 is 0 Å². The zero-order valence-corrected chi connectivity index (χ0v) is 14.7. The van der Waals surface area contributed by atoms with Crippen molar-refractivity contribution in [1.29, 1.82) is 0 Å². The number of carbonyl (C=O) groups excluding carboxylic acids is 1. The molecule has 0 fully saturated rings. The van der Waals surface area contributed by atoms with Gasteiger partial charge in [0.1, 0.15) is 5.75 Å². The summed E-state index contributed by atoms with van der Waals surface area (Å²) in [5.41, 5.74) is 3.40. The Hall–Kier alpha value is -1.81. The normalized spacial score (nSPS) is 16.5. The summed E-state index contributed by atoms with van der Waals surface area (Å²) >= 11 is 3.44. The lowest BCUT2D eigenvalue weighted by Crippen LogP contribution is -2.30. The van der Waals surface area contributed by atoms with Gasteiger partial charge in [0.25, 0.3) is 5.91 Å². The first-order valence-corrected chi connectivity index (χ1v) is 8.68. The van der Waals surface area contributed by atoms with Gasteiger partial charge in [0.2, 0.25) is 0 Å². The Morgan fingerprint density at radius 1 is 1.30 bits per heavy atom. The standard InChI is InChI=1S/C19H20BrNO2/c1-23-15-9-10-18(20)17(11-15)19(22)21-12-14-7-4-6-13-5-2-3-8-16(13)14/h2-3,5,8-11,14H,4,6-7,12H2,1H3,(H,21,22). The Morgan fingerprint density at radius 3 is 2.96 bits per heavy atom. The van der Waals surface area contributed by atoms with Gasteiger partial charge in [-0.3, -0.25) is 4.79 Å². The molecule has 0 spiro atoms. The maximum absolute atomic E-state index is 12.5. The highest BCUT2D eigenvalue weighted by Gasteiger charge is 2.21. The molecule has 1 aliphatic rings. The largest absolute Gasteiger partial charge is 0.497 e. The van der Waals surface area contributed by atoms with Crippen LogP contribution in [0.4, 0.5) is 0 Å². The molecule has 3 rings (SSSR count). The average molecular weight is 374 g/mol. The zero-order chi connectivity index (χ0) is 16.2. The van der Waals surface area contributed by atoms with Crippen LogP contribution in [0.3, 0.4) is 0 Å². The Bertz CT molecular complexity index is 714. The van der Waals surface area contributed by atoms with Crippen LogP contribution < -0.4 is 10.1 Å². The average Bonchev–Trinajstić information content (AvgIpc) is 2.60. The Balaban J connectivity index is 1.71. The number of amides is 1. The van der Waals surface area contributed by atoms with Gasteiger partial charge >= 0.3 is 0 Å². The zero-order valence-electron chi connectivity index (χ0n) is 13.1. The summed E-state index contributed by atoms with van der Waals surface area (Å²) in [5, 5.41) is 3.08. The first kappa shape index (κ1) is 16.1. The fraction of sp³-hybridized carbons (Fsp3) is 0.316. The Morgan fingerprint density at radius 2 is 2.13 bits per heavy atom. The molecule has 2 aromatic rings. The van der Waals surface area contributed by atoms with Crippen LogP contribution in [0.1, 0.15) is 40.2 Å². The van der Waals surface area contributed by atoms with Crippen LogP contribution in [0.25, 0.3) is 0 Å². The molecular formula is C19H20BrNO2. The number of ether oxygens (including phenoxy) is 1. The fourth-order valence-corrected chi connectivity index (χ4v) is 3.61. The SMILES string of the molecule is COc1ccc(Br)c(C(=O)NCC2CCCc3ccccc32)c1. The summed E-state index contributed by atoms with van der Waals surface area (Å²) in [7, 11) is 1.60. The van der Waals surface area contributed by atoms with Gasteiger partial charge in [-0.25, -0.2) is 0 Å². The summed E-state index contributed by atoms with van der Waals surface area (Å²) < 4.78 is 5.98. The van der Waals surface area contributed by atoms with Crippen LogP contribution in [-0.4, -0.2) is 19.6 Å². The molecule has 0 radical (unpaired) electrons. The number of hydrogen-bond acceptors (Lipinski definition) is 2. The van der Waals surface area contributed by atoms with E-state index in [0.29, 0.717) is 23.8 Å². The van der Waals surface area contributed by atoms with Crippen molar-refractivity contribution in [2.75, 3.05) is 13.7 Å². The van der Waals surface area contributed by atoms with Crippen LogP contribution >= 0.6 is 15.9 Å². The minimum Gasteiger partial charge on any atom is -0.497 e. The number of carbonyl (C=O) groups is 1. The predicted molar refractivity (Wildman–Crippen MR) is 95.1 cm³/mol. The van der Waals surface area contributed by atoms with Gasteiger partial charge < -0.3 is 10.1 Å². The molecule has 0 heterocycles. The monoisotopic (exact) mass is 373 g/mol. The molecule has 1 unspecified atom stereocenters. The van der Waals surface area contributed by atoms with E-state index in [-0.39, 0.29) is 5.91 Å². The van der Waals surface area contributed by atoms with Gasteiger partial charge in [-0.2, -0.15) is 0 Å².